The summed E-state index contributed by atoms with van der Waals surface area (Å²) in [6, 6.07) is 0. The summed E-state index contributed by atoms with van der Waals surface area (Å²) in [6.07, 6.45) is 29.4. The van der Waals surface area contributed by atoms with Crippen LogP contribution in [-0.4, -0.2) is 24.3 Å². The second-order valence-electron chi connectivity index (χ2n) is 11.4. The van der Waals surface area contributed by atoms with Gasteiger partial charge in [-0.15, -0.1) is 0 Å². The van der Waals surface area contributed by atoms with Gasteiger partial charge in [0.1, 0.15) is 11.7 Å². The number of carbonyl (C=O) groups excluding carboxylic acids is 1. The number of rotatable bonds is 22. The quantitative estimate of drug-likeness (QED) is 0.0886. The summed E-state index contributed by atoms with van der Waals surface area (Å²) >= 11 is 0. The monoisotopic (exact) mass is 476 g/mol. The Kier molecular flexibility index (Phi) is 15.2. The molecule has 0 spiro atoms. The smallest absolute Gasteiger partial charge is 0.333 e. The molecule has 0 radical (unpaired) electrons. The number of ether oxygens (including phenoxy) is 2. The Morgan fingerprint density at radius 3 is 1.71 bits per heavy atom. The molecule has 3 unspecified atom stereocenters. The summed E-state index contributed by atoms with van der Waals surface area (Å²) in [5, 5.41) is 0. The van der Waals surface area contributed by atoms with Gasteiger partial charge in [-0.3, -0.25) is 0 Å². The Labute approximate surface area is 211 Å². The van der Waals surface area contributed by atoms with Crippen LogP contribution in [0.4, 0.5) is 0 Å². The van der Waals surface area contributed by atoms with Gasteiger partial charge in [0.25, 0.3) is 0 Å². The van der Waals surface area contributed by atoms with Gasteiger partial charge in [-0.1, -0.05) is 123 Å². The molecule has 2 saturated carbocycles. The van der Waals surface area contributed by atoms with Crippen molar-refractivity contribution in [3.05, 3.63) is 12.2 Å². The van der Waals surface area contributed by atoms with Gasteiger partial charge in [0.2, 0.25) is 0 Å². The maximum atomic E-state index is 12.0. The summed E-state index contributed by atoms with van der Waals surface area (Å²) in [5.41, 5.74) is 0.283. The molecule has 198 valence electrons. The van der Waals surface area contributed by atoms with Gasteiger partial charge in [0.15, 0.2) is 0 Å². The average Bonchev–Trinajstić information content (AvgIpc) is 3.38. The summed E-state index contributed by atoms with van der Waals surface area (Å²) in [6.45, 7) is 8.55. The first-order valence-electron chi connectivity index (χ1n) is 15.1. The minimum atomic E-state index is -0.256. The molecule has 0 aliphatic heterocycles. The Bertz CT molecular complexity index is 557. The number of fused-ring (bicyclic) bond motifs is 2. The minimum absolute atomic E-state index is 0.0639. The average molecular weight is 477 g/mol. The van der Waals surface area contributed by atoms with Crippen molar-refractivity contribution in [2.75, 3.05) is 6.61 Å². The lowest BCUT2D eigenvalue weighted by molar-refractivity contribution is -0.166. The molecule has 2 rings (SSSR count). The molecule has 0 amide bonds. The zero-order chi connectivity index (χ0) is 24.5. The maximum absolute atomic E-state index is 12.0. The van der Waals surface area contributed by atoms with Crippen LogP contribution in [-0.2, 0) is 14.3 Å². The molecule has 0 saturated heterocycles. The zero-order valence-electron chi connectivity index (χ0n) is 22.9. The Hall–Kier alpha value is -0.830. The van der Waals surface area contributed by atoms with E-state index < -0.39 is 0 Å². The van der Waals surface area contributed by atoms with Crippen LogP contribution in [0.15, 0.2) is 12.2 Å². The van der Waals surface area contributed by atoms with Crippen molar-refractivity contribution >= 4 is 5.97 Å². The van der Waals surface area contributed by atoms with Crippen molar-refractivity contribution in [3.63, 3.8) is 0 Å². The Morgan fingerprint density at radius 1 is 0.794 bits per heavy atom. The maximum Gasteiger partial charge on any atom is 0.333 e. The van der Waals surface area contributed by atoms with Crippen LogP contribution in [0.25, 0.3) is 0 Å². The van der Waals surface area contributed by atoms with Crippen LogP contribution in [0.1, 0.15) is 155 Å². The van der Waals surface area contributed by atoms with E-state index in [-0.39, 0.29) is 17.7 Å². The molecule has 3 atom stereocenters. The van der Waals surface area contributed by atoms with Crippen molar-refractivity contribution in [3.8, 4) is 0 Å². The third-order valence-corrected chi connectivity index (χ3v) is 8.23. The van der Waals surface area contributed by atoms with Gasteiger partial charge in [-0.25, -0.2) is 4.79 Å². The number of unbranched alkanes of at least 4 members (excludes halogenated alkanes) is 17. The molecular weight excluding hydrogens is 420 g/mol. The van der Waals surface area contributed by atoms with Crippen molar-refractivity contribution in [1.82, 2.24) is 0 Å². The summed E-state index contributed by atoms with van der Waals surface area (Å²) in [4.78, 5) is 12.0. The molecule has 2 bridgehead atoms. The summed E-state index contributed by atoms with van der Waals surface area (Å²) in [7, 11) is 0. The molecule has 0 aromatic carbocycles. The first-order valence-corrected chi connectivity index (χ1v) is 15.1. The normalized spacial score (nSPS) is 23.5. The van der Waals surface area contributed by atoms with Crippen molar-refractivity contribution in [1.29, 1.82) is 0 Å². The molecule has 0 aromatic rings. The second-order valence-corrected chi connectivity index (χ2v) is 11.4. The van der Waals surface area contributed by atoms with Crippen LogP contribution in [0, 0.1) is 5.92 Å². The van der Waals surface area contributed by atoms with E-state index in [4.69, 9.17) is 9.47 Å². The SMILES string of the molecule is C=C(C)C(=O)OC1CC2CCC1(OCCCCCCCCCCCCCCCCCCCC)C2. The molecule has 3 nitrogen and oxygen atoms in total. The highest BCUT2D eigenvalue weighted by Crippen LogP contribution is 2.51. The van der Waals surface area contributed by atoms with Crippen LogP contribution in [0.2, 0.25) is 0 Å². The number of esters is 1. The molecule has 0 N–H and O–H groups in total. The predicted octanol–water partition coefficient (Wildman–Crippen LogP) is 9.48. The molecule has 0 heterocycles. The van der Waals surface area contributed by atoms with Gasteiger partial charge in [0, 0.05) is 12.2 Å². The standard InChI is InChI=1S/C31H56O3/c1-4-5-6-7-8-9-10-11-12-13-14-15-16-17-18-19-20-21-24-33-31-23-22-28(26-31)25-29(31)34-30(32)27(2)3/h28-29H,2,4-26H2,1,3H3. The Morgan fingerprint density at radius 2 is 1.26 bits per heavy atom. The van der Waals surface area contributed by atoms with Crippen molar-refractivity contribution in [2.45, 2.75) is 167 Å². The zero-order valence-corrected chi connectivity index (χ0v) is 22.9. The third kappa shape index (κ3) is 11.3. The van der Waals surface area contributed by atoms with E-state index in [9.17, 15) is 4.79 Å². The van der Waals surface area contributed by atoms with Crippen LogP contribution < -0.4 is 0 Å². The fourth-order valence-electron chi connectivity index (χ4n) is 6.04. The fourth-order valence-corrected chi connectivity index (χ4v) is 6.04. The molecule has 2 fully saturated rings. The van der Waals surface area contributed by atoms with E-state index in [1.165, 1.54) is 116 Å². The van der Waals surface area contributed by atoms with E-state index in [0.29, 0.717) is 11.5 Å². The summed E-state index contributed by atoms with van der Waals surface area (Å²) in [5.74, 6) is 0.414. The topological polar surface area (TPSA) is 35.5 Å². The first-order chi connectivity index (χ1) is 16.6. The second kappa shape index (κ2) is 17.6. The van der Waals surface area contributed by atoms with Crippen LogP contribution >= 0.6 is 0 Å². The van der Waals surface area contributed by atoms with Gasteiger partial charge in [0.05, 0.1) is 0 Å². The van der Waals surface area contributed by atoms with E-state index in [2.05, 4.69) is 13.5 Å². The molecule has 0 aromatic heterocycles. The highest BCUT2D eigenvalue weighted by atomic mass is 16.6. The van der Waals surface area contributed by atoms with Gasteiger partial charge in [-0.2, -0.15) is 0 Å². The molecule has 2 aliphatic carbocycles. The lowest BCUT2D eigenvalue weighted by atomic mass is 9.93. The van der Waals surface area contributed by atoms with Crippen LogP contribution in [0.5, 0.6) is 0 Å². The molecule has 34 heavy (non-hydrogen) atoms. The Balaban J connectivity index is 1.35. The van der Waals surface area contributed by atoms with E-state index in [0.717, 1.165) is 32.3 Å². The lowest BCUT2D eigenvalue weighted by Gasteiger charge is -2.34. The van der Waals surface area contributed by atoms with E-state index in [1.807, 2.05) is 0 Å². The highest BCUT2D eigenvalue weighted by molar-refractivity contribution is 5.87. The van der Waals surface area contributed by atoms with Gasteiger partial charge in [-0.05, 0) is 44.9 Å². The minimum Gasteiger partial charge on any atom is -0.456 e. The molecular formula is C31H56O3. The predicted molar refractivity (Wildman–Crippen MR) is 144 cm³/mol. The molecule has 3 heteroatoms. The highest BCUT2D eigenvalue weighted by Gasteiger charge is 2.55. The van der Waals surface area contributed by atoms with Crippen molar-refractivity contribution < 1.29 is 14.3 Å². The largest absolute Gasteiger partial charge is 0.456 e. The summed E-state index contributed by atoms with van der Waals surface area (Å²) < 4.78 is 12.1. The third-order valence-electron chi connectivity index (χ3n) is 8.23. The number of carbonyl (C=O) groups is 1. The van der Waals surface area contributed by atoms with E-state index in [1.54, 1.807) is 6.92 Å². The van der Waals surface area contributed by atoms with E-state index >= 15 is 0 Å². The molecule has 2 aliphatic rings. The fraction of sp³-hybridized carbons (Fsp3) is 0.903. The van der Waals surface area contributed by atoms with Crippen molar-refractivity contribution in [2.24, 2.45) is 5.92 Å². The lowest BCUT2D eigenvalue weighted by Crippen LogP contribution is -2.43. The van der Waals surface area contributed by atoms with Gasteiger partial charge >= 0.3 is 5.97 Å². The number of hydrogen-bond donors (Lipinski definition) is 0. The van der Waals surface area contributed by atoms with Gasteiger partial charge < -0.3 is 9.47 Å². The first kappa shape index (κ1) is 29.4. The van der Waals surface area contributed by atoms with Crippen LogP contribution in [0.3, 0.4) is 0 Å². The number of hydrogen-bond acceptors (Lipinski definition) is 3.